The summed E-state index contributed by atoms with van der Waals surface area (Å²) in [6.07, 6.45) is 0.752. The fraction of sp³-hybridized carbons (Fsp3) is 0.235. The van der Waals surface area contributed by atoms with Gasteiger partial charge in [-0.3, -0.25) is 4.79 Å². The first-order valence-corrected chi connectivity index (χ1v) is 8.17. The predicted octanol–water partition coefficient (Wildman–Crippen LogP) is 3.16. The van der Waals surface area contributed by atoms with Crippen molar-refractivity contribution in [1.82, 2.24) is 4.98 Å². The smallest absolute Gasteiger partial charge is 0.221 e. The molecule has 24 heavy (non-hydrogen) atoms. The van der Waals surface area contributed by atoms with Gasteiger partial charge >= 0.3 is 0 Å². The van der Waals surface area contributed by atoms with Gasteiger partial charge in [-0.2, -0.15) is 10.2 Å². The number of nitrogens with zero attached hydrogens (tertiary/aromatic N) is 3. The highest BCUT2D eigenvalue weighted by molar-refractivity contribution is 9.10. The molecule has 0 N–H and O–H groups in total. The maximum Gasteiger partial charge on any atom is 0.221 e. The molecule has 0 atom stereocenters. The summed E-state index contributed by atoms with van der Waals surface area (Å²) in [6, 6.07) is 10.6. The Bertz CT molecular complexity index is 798. The minimum Gasteiger partial charge on any atom is -0.439 e. The molecule has 1 aliphatic heterocycles. The summed E-state index contributed by atoms with van der Waals surface area (Å²) in [6.45, 7) is 2.57. The number of ether oxygens (including phenoxy) is 2. The van der Waals surface area contributed by atoms with Gasteiger partial charge in [0.25, 0.3) is 0 Å². The zero-order valence-corrected chi connectivity index (χ0v) is 14.3. The van der Waals surface area contributed by atoms with Crippen molar-refractivity contribution in [2.45, 2.75) is 0 Å². The van der Waals surface area contributed by atoms with Crippen molar-refractivity contribution in [3.63, 3.8) is 0 Å². The summed E-state index contributed by atoms with van der Waals surface area (Å²) < 4.78 is 11.8. The van der Waals surface area contributed by atoms with Crippen LogP contribution < -0.4 is 9.64 Å². The lowest BCUT2D eigenvalue weighted by Gasteiger charge is -2.28. The molecule has 2 heterocycles. The van der Waals surface area contributed by atoms with E-state index < -0.39 is 0 Å². The first-order chi connectivity index (χ1) is 11.7. The number of rotatable bonds is 4. The van der Waals surface area contributed by atoms with E-state index in [1.807, 2.05) is 4.90 Å². The first-order valence-electron chi connectivity index (χ1n) is 7.37. The fourth-order valence-corrected chi connectivity index (χ4v) is 2.73. The van der Waals surface area contributed by atoms with Crippen molar-refractivity contribution in [3.05, 3.63) is 45.9 Å². The Morgan fingerprint density at radius 3 is 2.79 bits per heavy atom. The van der Waals surface area contributed by atoms with Crippen LogP contribution in [0.3, 0.4) is 0 Å². The van der Waals surface area contributed by atoms with Gasteiger partial charge < -0.3 is 14.4 Å². The Labute approximate surface area is 147 Å². The molecule has 0 aliphatic carbocycles. The quantitative estimate of drug-likeness (QED) is 0.750. The number of halogens is 1. The molecule has 0 bridgehead atoms. The lowest BCUT2D eigenvalue weighted by Crippen LogP contribution is -2.37. The lowest BCUT2D eigenvalue weighted by molar-refractivity contribution is 0.112. The Balaban J connectivity index is 1.89. The largest absolute Gasteiger partial charge is 0.439 e. The Kier molecular flexibility index (Phi) is 5.08. The third-order valence-corrected chi connectivity index (χ3v) is 4.32. The van der Waals surface area contributed by atoms with Gasteiger partial charge in [0.1, 0.15) is 11.8 Å². The molecule has 1 fully saturated rings. The zero-order valence-electron chi connectivity index (χ0n) is 12.7. The van der Waals surface area contributed by atoms with Gasteiger partial charge in [-0.1, -0.05) is 15.9 Å². The van der Waals surface area contributed by atoms with Crippen molar-refractivity contribution >= 4 is 28.0 Å². The van der Waals surface area contributed by atoms with Crippen molar-refractivity contribution in [2.75, 3.05) is 31.2 Å². The highest BCUT2D eigenvalue weighted by Gasteiger charge is 2.17. The predicted molar refractivity (Wildman–Crippen MR) is 91.6 cm³/mol. The number of aromatic nitrogens is 1. The van der Waals surface area contributed by atoms with Crippen LogP contribution in [0, 0.1) is 11.3 Å². The van der Waals surface area contributed by atoms with E-state index >= 15 is 0 Å². The van der Waals surface area contributed by atoms with Crippen LogP contribution in [-0.4, -0.2) is 37.6 Å². The average Bonchev–Trinajstić information content (AvgIpc) is 2.64. The lowest BCUT2D eigenvalue weighted by atomic mass is 10.2. The third kappa shape index (κ3) is 3.55. The Morgan fingerprint density at radius 2 is 2.08 bits per heavy atom. The van der Waals surface area contributed by atoms with E-state index in [9.17, 15) is 10.1 Å². The molecule has 1 aromatic heterocycles. The van der Waals surface area contributed by atoms with E-state index in [0.717, 1.165) is 6.29 Å². The van der Waals surface area contributed by atoms with Gasteiger partial charge in [-0.15, -0.1) is 0 Å². The maximum absolute atomic E-state index is 11.0. The summed E-state index contributed by atoms with van der Waals surface area (Å²) in [7, 11) is 0. The van der Waals surface area contributed by atoms with E-state index in [4.69, 9.17) is 9.47 Å². The van der Waals surface area contributed by atoms with Crippen molar-refractivity contribution in [1.29, 1.82) is 5.26 Å². The second-order valence-corrected chi connectivity index (χ2v) is 5.99. The van der Waals surface area contributed by atoms with Gasteiger partial charge in [0.05, 0.1) is 18.8 Å². The second kappa shape index (κ2) is 7.43. The molecule has 0 amide bonds. The van der Waals surface area contributed by atoms with Crippen LogP contribution in [-0.2, 0) is 4.74 Å². The number of pyridine rings is 1. The number of nitriles is 1. The van der Waals surface area contributed by atoms with E-state index in [-0.39, 0.29) is 0 Å². The van der Waals surface area contributed by atoms with Crippen LogP contribution in [0.4, 0.5) is 5.82 Å². The van der Waals surface area contributed by atoms with Gasteiger partial charge in [-0.25, -0.2) is 0 Å². The van der Waals surface area contributed by atoms with E-state index in [1.54, 1.807) is 30.3 Å². The van der Waals surface area contributed by atoms with Gasteiger partial charge in [0, 0.05) is 29.2 Å². The highest BCUT2D eigenvalue weighted by atomic mass is 79.9. The molecule has 0 spiro atoms. The standard InChI is InChI=1S/C17H14BrN3O3/c18-15-3-2-14(9-13(15)11-22)24-16-4-1-12(10-19)17(20-16)21-5-7-23-8-6-21/h1-4,9,11H,5-8H2. The van der Waals surface area contributed by atoms with Crippen molar-refractivity contribution in [2.24, 2.45) is 0 Å². The molecule has 0 saturated carbocycles. The first kappa shape index (κ1) is 16.4. The van der Waals surface area contributed by atoms with Gasteiger partial charge in [0.15, 0.2) is 12.1 Å². The van der Waals surface area contributed by atoms with Crippen LogP contribution in [0.15, 0.2) is 34.8 Å². The average molecular weight is 388 g/mol. The van der Waals surface area contributed by atoms with Gasteiger partial charge in [-0.05, 0) is 24.3 Å². The summed E-state index contributed by atoms with van der Waals surface area (Å²) in [5.74, 6) is 1.46. The van der Waals surface area contributed by atoms with E-state index in [0.29, 0.717) is 59.4 Å². The highest BCUT2D eigenvalue weighted by Crippen LogP contribution is 2.28. The molecular weight excluding hydrogens is 374 g/mol. The van der Waals surface area contributed by atoms with Crippen LogP contribution in [0.5, 0.6) is 11.6 Å². The number of anilines is 1. The number of aldehydes is 1. The number of morpholine rings is 1. The number of carbonyl (C=O) groups is 1. The van der Waals surface area contributed by atoms with Crippen LogP contribution in [0.25, 0.3) is 0 Å². The van der Waals surface area contributed by atoms with E-state index in [2.05, 4.69) is 27.0 Å². The summed E-state index contributed by atoms with van der Waals surface area (Å²) >= 11 is 3.30. The molecule has 6 nitrogen and oxygen atoms in total. The summed E-state index contributed by atoms with van der Waals surface area (Å²) in [5, 5.41) is 9.30. The van der Waals surface area contributed by atoms with Crippen LogP contribution in [0.2, 0.25) is 0 Å². The zero-order chi connectivity index (χ0) is 16.9. The fourth-order valence-electron chi connectivity index (χ4n) is 2.39. The van der Waals surface area contributed by atoms with Gasteiger partial charge in [0.2, 0.25) is 5.88 Å². The molecule has 2 aromatic rings. The number of carbonyl (C=O) groups excluding carboxylic acids is 1. The normalized spacial score (nSPS) is 14.1. The molecule has 0 unspecified atom stereocenters. The monoisotopic (exact) mass is 387 g/mol. The molecule has 0 radical (unpaired) electrons. The third-order valence-electron chi connectivity index (χ3n) is 3.60. The van der Waals surface area contributed by atoms with Crippen LogP contribution >= 0.6 is 15.9 Å². The molecule has 1 aliphatic rings. The minimum atomic E-state index is 0.370. The SMILES string of the molecule is N#Cc1ccc(Oc2ccc(Br)c(C=O)c2)nc1N1CCOCC1. The maximum atomic E-state index is 11.0. The van der Waals surface area contributed by atoms with Crippen molar-refractivity contribution < 1.29 is 14.3 Å². The minimum absolute atomic E-state index is 0.370. The molecule has 1 saturated heterocycles. The molecule has 1 aromatic carbocycles. The molecular formula is C17H14BrN3O3. The topological polar surface area (TPSA) is 75.5 Å². The summed E-state index contributed by atoms with van der Waals surface area (Å²) in [4.78, 5) is 17.5. The van der Waals surface area contributed by atoms with E-state index in [1.165, 1.54) is 0 Å². The number of hydrogen-bond acceptors (Lipinski definition) is 6. The van der Waals surface area contributed by atoms with Crippen LogP contribution in [0.1, 0.15) is 15.9 Å². The number of benzene rings is 1. The summed E-state index contributed by atoms with van der Waals surface area (Å²) in [5.41, 5.74) is 0.989. The molecule has 3 rings (SSSR count). The molecule has 7 heteroatoms. The second-order valence-electron chi connectivity index (χ2n) is 5.14. The number of hydrogen-bond donors (Lipinski definition) is 0. The van der Waals surface area contributed by atoms with Crippen molar-refractivity contribution in [3.8, 4) is 17.7 Å². The Hall–Kier alpha value is -2.43. The molecule has 122 valence electrons. The Morgan fingerprint density at radius 1 is 1.29 bits per heavy atom.